The summed E-state index contributed by atoms with van der Waals surface area (Å²) in [6.07, 6.45) is 0.692. The molecule has 8 nitrogen and oxygen atoms in total. The highest BCUT2D eigenvalue weighted by Gasteiger charge is 2.10. The Kier molecular flexibility index (Phi) is 4.52. The molecule has 0 fully saturated rings. The van der Waals surface area contributed by atoms with Gasteiger partial charge in [0.25, 0.3) is 5.56 Å². The maximum atomic E-state index is 12.5. The number of benzene rings is 2. The van der Waals surface area contributed by atoms with Gasteiger partial charge in [-0.25, -0.2) is 0 Å². The molecule has 0 atom stereocenters. The van der Waals surface area contributed by atoms with Gasteiger partial charge in [0.2, 0.25) is 5.43 Å². The Labute approximate surface area is 152 Å². The second kappa shape index (κ2) is 7.28. The van der Waals surface area contributed by atoms with Crippen molar-refractivity contribution in [3.05, 3.63) is 69.1 Å². The third kappa shape index (κ3) is 3.50. The Hall–Kier alpha value is -3.68. The molecular formula is C19H16N4O4. The lowest BCUT2D eigenvalue weighted by molar-refractivity contribution is 0.247. The minimum Gasteiger partial charge on any atom is -0.493 e. The van der Waals surface area contributed by atoms with E-state index in [9.17, 15) is 9.59 Å². The summed E-state index contributed by atoms with van der Waals surface area (Å²) in [5.41, 5.74) is -0.380. The normalized spacial score (nSPS) is 11.0. The van der Waals surface area contributed by atoms with Gasteiger partial charge in [0.15, 0.2) is 5.52 Å². The van der Waals surface area contributed by atoms with E-state index in [1.807, 2.05) is 30.3 Å². The molecule has 0 unspecified atom stereocenters. The quantitative estimate of drug-likeness (QED) is 0.507. The molecule has 2 aromatic heterocycles. The average Bonchev–Trinajstić information content (AvgIpc) is 3.15. The van der Waals surface area contributed by atoms with Gasteiger partial charge >= 0.3 is 0 Å². The van der Waals surface area contributed by atoms with Crippen LogP contribution in [-0.2, 0) is 0 Å². The fourth-order valence-corrected chi connectivity index (χ4v) is 2.73. The number of rotatable bonds is 6. The number of H-pyrrole nitrogens is 2. The lowest BCUT2D eigenvalue weighted by Crippen LogP contribution is -2.05. The molecule has 0 aliphatic rings. The summed E-state index contributed by atoms with van der Waals surface area (Å²) >= 11 is 0. The maximum absolute atomic E-state index is 12.5. The number of para-hydroxylation sites is 1. The maximum Gasteiger partial charge on any atom is 0.278 e. The number of fused-ring (bicyclic) bond motifs is 2. The van der Waals surface area contributed by atoms with Crippen LogP contribution in [-0.4, -0.2) is 33.6 Å². The lowest BCUT2D eigenvalue weighted by Gasteiger charge is -2.08. The summed E-state index contributed by atoms with van der Waals surface area (Å²) in [5.74, 6) is 1.37. The number of aromatic amines is 2. The predicted octanol–water partition coefficient (Wildman–Crippen LogP) is 2.01. The summed E-state index contributed by atoms with van der Waals surface area (Å²) in [4.78, 5) is 27.4. The molecule has 0 radical (unpaired) electrons. The van der Waals surface area contributed by atoms with Gasteiger partial charge in [0.1, 0.15) is 17.0 Å². The molecule has 0 aliphatic heterocycles. The standard InChI is InChI=1S/C19H16N4O4/c24-18-14-8-7-13(27-10-4-9-26-12-5-2-1-3-6-12)11-15(14)20-19(25)17-16(18)21-23-22-17/h1-3,5-8,11H,4,9-10H2,(H,20,25)(H,21,22,23). The van der Waals surface area contributed by atoms with E-state index >= 15 is 0 Å². The minimum atomic E-state index is -0.487. The predicted molar refractivity (Wildman–Crippen MR) is 100 cm³/mol. The SMILES string of the molecule is O=c1[nH]c2cc(OCCCOc3ccccc3)ccc2c(=O)c2[nH]nnc12. The van der Waals surface area contributed by atoms with Crippen molar-refractivity contribution in [3.8, 4) is 11.5 Å². The van der Waals surface area contributed by atoms with Gasteiger partial charge in [-0.2, -0.15) is 0 Å². The highest BCUT2D eigenvalue weighted by atomic mass is 16.5. The van der Waals surface area contributed by atoms with E-state index in [-0.39, 0.29) is 16.5 Å². The zero-order chi connectivity index (χ0) is 18.6. The van der Waals surface area contributed by atoms with Crippen LogP contribution in [0.5, 0.6) is 11.5 Å². The first kappa shape index (κ1) is 16.8. The monoisotopic (exact) mass is 364 g/mol. The molecule has 0 saturated heterocycles. The third-order valence-electron chi connectivity index (χ3n) is 4.04. The molecule has 2 heterocycles. The van der Waals surface area contributed by atoms with Crippen molar-refractivity contribution < 1.29 is 9.47 Å². The zero-order valence-corrected chi connectivity index (χ0v) is 14.3. The molecule has 136 valence electrons. The molecule has 0 aliphatic carbocycles. The van der Waals surface area contributed by atoms with Crippen molar-refractivity contribution in [2.75, 3.05) is 13.2 Å². The highest BCUT2D eigenvalue weighted by Crippen LogP contribution is 2.17. The van der Waals surface area contributed by atoms with Crippen LogP contribution < -0.4 is 20.5 Å². The fourth-order valence-electron chi connectivity index (χ4n) is 2.73. The van der Waals surface area contributed by atoms with Gasteiger partial charge in [-0.05, 0) is 24.3 Å². The van der Waals surface area contributed by atoms with Crippen molar-refractivity contribution in [3.63, 3.8) is 0 Å². The van der Waals surface area contributed by atoms with Gasteiger partial charge in [-0.1, -0.05) is 23.4 Å². The van der Waals surface area contributed by atoms with Gasteiger partial charge in [-0.15, -0.1) is 5.10 Å². The molecule has 8 heteroatoms. The summed E-state index contributed by atoms with van der Waals surface area (Å²) in [6, 6.07) is 14.5. The molecule has 0 amide bonds. The molecule has 0 spiro atoms. The van der Waals surface area contributed by atoms with E-state index in [1.165, 1.54) is 0 Å². The van der Waals surface area contributed by atoms with Crippen molar-refractivity contribution >= 4 is 21.9 Å². The molecule has 0 bridgehead atoms. The highest BCUT2D eigenvalue weighted by molar-refractivity contribution is 5.87. The summed E-state index contributed by atoms with van der Waals surface area (Å²) in [7, 11) is 0. The second-order valence-electron chi connectivity index (χ2n) is 5.89. The first-order valence-electron chi connectivity index (χ1n) is 8.44. The van der Waals surface area contributed by atoms with Gasteiger partial charge in [0, 0.05) is 17.9 Å². The van der Waals surface area contributed by atoms with Gasteiger partial charge < -0.3 is 14.5 Å². The van der Waals surface area contributed by atoms with Crippen LogP contribution in [0.3, 0.4) is 0 Å². The smallest absolute Gasteiger partial charge is 0.278 e. The van der Waals surface area contributed by atoms with Crippen molar-refractivity contribution in [1.82, 2.24) is 20.4 Å². The summed E-state index contributed by atoms with van der Waals surface area (Å²) < 4.78 is 11.3. The first-order chi connectivity index (χ1) is 13.2. The topological polar surface area (TPSA) is 110 Å². The molecule has 27 heavy (non-hydrogen) atoms. The molecule has 4 aromatic rings. The second-order valence-corrected chi connectivity index (χ2v) is 5.89. The van der Waals surface area contributed by atoms with E-state index in [0.29, 0.717) is 36.3 Å². The number of hydrogen-bond donors (Lipinski definition) is 2. The fraction of sp³-hybridized carbons (Fsp3) is 0.158. The molecule has 2 N–H and O–H groups in total. The van der Waals surface area contributed by atoms with E-state index in [0.717, 1.165) is 5.75 Å². The van der Waals surface area contributed by atoms with Crippen molar-refractivity contribution in [2.45, 2.75) is 6.42 Å². The number of nitrogens with zero attached hydrogens (tertiary/aromatic N) is 2. The summed E-state index contributed by atoms with van der Waals surface area (Å²) in [6.45, 7) is 0.968. The zero-order valence-electron chi connectivity index (χ0n) is 14.3. The number of hydrogen-bond acceptors (Lipinski definition) is 6. The Bertz CT molecular complexity index is 1200. The van der Waals surface area contributed by atoms with Gasteiger partial charge in [0.05, 0.1) is 18.7 Å². The van der Waals surface area contributed by atoms with E-state index < -0.39 is 5.56 Å². The Balaban J connectivity index is 1.48. The van der Waals surface area contributed by atoms with Gasteiger partial charge in [-0.3, -0.25) is 14.7 Å². The van der Waals surface area contributed by atoms with E-state index in [1.54, 1.807) is 18.2 Å². The van der Waals surface area contributed by atoms with Crippen LogP contribution in [0.1, 0.15) is 6.42 Å². The van der Waals surface area contributed by atoms with E-state index in [2.05, 4.69) is 20.4 Å². The Morgan fingerprint density at radius 1 is 0.926 bits per heavy atom. The minimum absolute atomic E-state index is 0.0169. The molecule has 2 aromatic carbocycles. The number of ether oxygens (including phenoxy) is 2. The van der Waals surface area contributed by atoms with Crippen molar-refractivity contribution in [1.29, 1.82) is 0 Å². The largest absolute Gasteiger partial charge is 0.493 e. The third-order valence-corrected chi connectivity index (χ3v) is 4.04. The average molecular weight is 364 g/mol. The van der Waals surface area contributed by atoms with Crippen LogP contribution in [0.4, 0.5) is 0 Å². The van der Waals surface area contributed by atoms with E-state index in [4.69, 9.17) is 9.47 Å². The van der Waals surface area contributed by atoms with Crippen LogP contribution in [0.2, 0.25) is 0 Å². The molecule has 4 rings (SSSR count). The number of aromatic nitrogens is 4. The van der Waals surface area contributed by atoms with Crippen LogP contribution >= 0.6 is 0 Å². The van der Waals surface area contributed by atoms with Crippen LogP contribution in [0.15, 0.2) is 58.1 Å². The first-order valence-corrected chi connectivity index (χ1v) is 8.44. The Morgan fingerprint density at radius 2 is 1.70 bits per heavy atom. The molecule has 0 saturated carbocycles. The van der Waals surface area contributed by atoms with Crippen LogP contribution in [0, 0.1) is 0 Å². The van der Waals surface area contributed by atoms with Crippen LogP contribution in [0.25, 0.3) is 21.9 Å². The Morgan fingerprint density at radius 3 is 2.52 bits per heavy atom. The number of nitrogens with one attached hydrogen (secondary N) is 2. The lowest BCUT2D eigenvalue weighted by atomic mass is 10.2. The summed E-state index contributed by atoms with van der Waals surface area (Å²) in [5, 5.41) is 10.0. The van der Waals surface area contributed by atoms with Crippen molar-refractivity contribution in [2.24, 2.45) is 0 Å². The molecular weight excluding hydrogens is 348 g/mol.